The molecule has 6 heteroatoms. The number of hydrogen-bond donors (Lipinski definition) is 1. The highest BCUT2D eigenvalue weighted by Crippen LogP contribution is 2.16. The summed E-state index contributed by atoms with van der Waals surface area (Å²) in [6.45, 7) is 0. The summed E-state index contributed by atoms with van der Waals surface area (Å²) in [6.07, 6.45) is 2.99. The van der Waals surface area contributed by atoms with E-state index in [2.05, 4.69) is 21.2 Å². The van der Waals surface area contributed by atoms with Crippen LogP contribution in [0, 0.1) is 5.82 Å². The zero-order chi connectivity index (χ0) is 19.1. The van der Waals surface area contributed by atoms with E-state index in [1.807, 2.05) is 30.3 Å². The predicted octanol–water partition coefficient (Wildman–Crippen LogP) is 3.42. The van der Waals surface area contributed by atoms with Crippen LogP contribution in [-0.2, 0) is 16.0 Å². The van der Waals surface area contributed by atoms with E-state index in [4.69, 9.17) is 0 Å². The monoisotopic (exact) mass is 418 g/mol. The fraction of sp³-hybridized carbons (Fsp3) is 0.200. The minimum atomic E-state index is -0.697. The molecule has 0 heterocycles. The second-order valence-corrected chi connectivity index (χ2v) is 6.90. The van der Waals surface area contributed by atoms with Crippen LogP contribution in [0.5, 0.6) is 0 Å². The van der Waals surface area contributed by atoms with Crippen LogP contribution >= 0.6 is 15.9 Å². The number of hydrogen-bond acceptors (Lipinski definition) is 2. The van der Waals surface area contributed by atoms with Crippen molar-refractivity contribution in [1.29, 1.82) is 0 Å². The Morgan fingerprint density at radius 1 is 1.19 bits per heavy atom. The number of carbonyl (C=O) groups is 2. The summed E-state index contributed by atoms with van der Waals surface area (Å²) < 4.78 is 14.5. The topological polar surface area (TPSA) is 49.4 Å². The highest BCUT2D eigenvalue weighted by molar-refractivity contribution is 9.10. The van der Waals surface area contributed by atoms with E-state index in [0.717, 1.165) is 5.56 Å². The summed E-state index contributed by atoms with van der Waals surface area (Å²) in [5.41, 5.74) is 1.23. The van der Waals surface area contributed by atoms with E-state index in [1.165, 1.54) is 23.1 Å². The smallest absolute Gasteiger partial charge is 0.244 e. The summed E-state index contributed by atoms with van der Waals surface area (Å²) in [6, 6.07) is 13.2. The number of nitrogens with zero attached hydrogens (tertiary/aromatic N) is 1. The van der Waals surface area contributed by atoms with Gasteiger partial charge < -0.3 is 10.2 Å². The van der Waals surface area contributed by atoms with Crippen molar-refractivity contribution < 1.29 is 14.0 Å². The molecule has 1 atom stereocenters. The third kappa shape index (κ3) is 5.81. The van der Waals surface area contributed by atoms with Gasteiger partial charge in [-0.05, 0) is 29.8 Å². The molecule has 0 fully saturated rings. The molecule has 0 aromatic heterocycles. The summed E-state index contributed by atoms with van der Waals surface area (Å²) >= 11 is 3.26. The van der Waals surface area contributed by atoms with E-state index in [1.54, 1.807) is 26.2 Å². The van der Waals surface area contributed by atoms with Crippen LogP contribution in [0.15, 0.2) is 59.1 Å². The lowest BCUT2D eigenvalue weighted by Gasteiger charge is -2.21. The lowest BCUT2D eigenvalue weighted by atomic mass is 10.0. The molecule has 1 unspecified atom stereocenters. The van der Waals surface area contributed by atoms with Crippen molar-refractivity contribution in [3.63, 3.8) is 0 Å². The maximum absolute atomic E-state index is 13.7. The lowest BCUT2D eigenvalue weighted by molar-refractivity contribution is -0.133. The third-order valence-electron chi connectivity index (χ3n) is 3.71. The maximum Gasteiger partial charge on any atom is 0.244 e. The van der Waals surface area contributed by atoms with Gasteiger partial charge in [-0.1, -0.05) is 46.3 Å². The first-order valence-corrected chi connectivity index (χ1v) is 8.85. The molecular weight excluding hydrogens is 399 g/mol. The van der Waals surface area contributed by atoms with Crippen molar-refractivity contribution in [2.45, 2.75) is 12.5 Å². The number of rotatable bonds is 6. The largest absolute Gasteiger partial charge is 0.347 e. The number of likely N-dealkylation sites (N-methyl/N-ethyl adjacent to an activating group) is 1. The number of nitrogens with one attached hydrogen (secondary N) is 1. The van der Waals surface area contributed by atoms with Crippen molar-refractivity contribution in [1.82, 2.24) is 10.2 Å². The average Bonchev–Trinajstić information content (AvgIpc) is 2.62. The Morgan fingerprint density at radius 3 is 2.54 bits per heavy atom. The highest BCUT2D eigenvalue weighted by atomic mass is 79.9. The average molecular weight is 419 g/mol. The molecular formula is C20H20BrFN2O2. The van der Waals surface area contributed by atoms with Crippen molar-refractivity contribution in [3.05, 3.63) is 76.0 Å². The minimum absolute atomic E-state index is 0.204. The molecule has 0 aliphatic rings. The molecule has 2 aromatic rings. The Balaban J connectivity index is 2.11. The number of amides is 2. The number of carbonyl (C=O) groups excluding carboxylic acids is 2. The van der Waals surface area contributed by atoms with Crippen LogP contribution in [0.4, 0.5) is 4.39 Å². The van der Waals surface area contributed by atoms with Crippen molar-refractivity contribution in [2.24, 2.45) is 0 Å². The van der Waals surface area contributed by atoms with Crippen LogP contribution < -0.4 is 5.32 Å². The first-order valence-electron chi connectivity index (χ1n) is 8.05. The van der Waals surface area contributed by atoms with E-state index >= 15 is 0 Å². The zero-order valence-electron chi connectivity index (χ0n) is 14.6. The van der Waals surface area contributed by atoms with Gasteiger partial charge in [0.25, 0.3) is 0 Å². The van der Waals surface area contributed by atoms with Gasteiger partial charge in [0.1, 0.15) is 11.9 Å². The summed E-state index contributed by atoms with van der Waals surface area (Å²) in [4.78, 5) is 26.1. The summed E-state index contributed by atoms with van der Waals surface area (Å²) in [5.74, 6) is -1.09. The minimum Gasteiger partial charge on any atom is -0.347 e. The Bertz CT molecular complexity index is 807. The molecule has 4 nitrogen and oxygen atoms in total. The molecule has 136 valence electrons. The Morgan fingerprint density at radius 2 is 1.88 bits per heavy atom. The molecule has 0 aliphatic heterocycles. The van der Waals surface area contributed by atoms with Crippen LogP contribution in [0.1, 0.15) is 11.1 Å². The van der Waals surface area contributed by atoms with E-state index in [9.17, 15) is 14.0 Å². The van der Waals surface area contributed by atoms with Crippen LogP contribution in [0.3, 0.4) is 0 Å². The molecule has 0 aliphatic carbocycles. The number of benzene rings is 2. The highest BCUT2D eigenvalue weighted by Gasteiger charge is 2.21. The second kappa shape index (κ2) is 9.29. The molecule has 0 saturated carbocycles. The molecule has 0 spiro atoms. The van der Waals surface area contributed by atoms with E-state index in [0.29, 0.717) is 10.9 Å². The van der Waals surface area contributed by atoms with Gasteiger partial charge in [-0.15, -0.1) is 0 Å². The Hall–Kier alpha value is -2.47. The molecule has 2 aromatic carbocycles. The van der Waals surface area contributed by atoms with Crippen molar-refractivity contribution >= 4 is 33.8 Å². The van der Waals surface area contributed by atoms with E-state index < -0.39 is 17.8 Å². The third-order valence-corrected chi connectivity index (χ3v) is 4.20. The normalized spacial score (nSPS) is 12.0. The van der Waals surface area contributed by atoms with Crippen molar-refractivity contribution in [2.75, 3.05) is 14.1 Å². The van der Waals surface area contributed by atoms with Gasteiger partial charge in [0.15, 0.2) is 0 Å². The molecule has 1 N–H and O–H groups in total. The van der Waals surface area contributed by atoms with Crippen LogP contribution in [0.2, 0.25) is 0 Å². The summed E-state index contributed by atoms with van der Waals surface area (Å²) in [5, 5.41) is 2.70. The van der Waals surface area contributed by atoms with Crippen LogP contribution in [-0.4, -0.2) is 36.9 Å². The van der Waals surface area contributed by atoms with Gasteiger partial charge in [0.05, 0.1) is 0 Å². The lowest BCUT2D eigenvalue weighted by Crippen LogP contribution is -2.47. The molecule has 0 bridgehead atoms. The SMILES string of the molecule is CN(C)C(=O)C(Cc1ccccc1)NC(=O)/C=C/c1cc(Br)ccc1F. The molecule has 26 heavy (non-hydrogen) atoms. The predicted molar refractivity (Wildman–Crippen MR) is 104 cm³/mol. The molecule has 2 rings (SSSR count). The van der Waals surface area contributed by atoms with Gasteiger partial charge in [-0.25, -0.2) is 4.39 Å². The first kappa shape index (κ1) is 19.8. The fourth-order valence-electron chi connectivity index (χ4n) is 2.39. The first-order chi connectivity index (χ1) is 12.4. The van der Waals surface area contributed by atoms with Gasteiger partial charge >= 0.3 is 0 Å². The fourth-order valence-corrected chi connectivity index (χ4v) is 2.77. The Kier molecular flexibility index (Phi) is 7.09. The molecule has 2 amide bonds. The standard InChI is InChI=1S/C20H20BrFN2O2/c1-24(2)20(26)18(12-14-6-4-3-5-7-14)23-19(25)11-8-15-13-16(21)9-10-17(15)22/h3-11,13,18H,12H2,1-2H3,(H,23,25)/b11-8+. The van der Waals surface area contributed by atoms with Gasteiger partial charge in [-0.3, -0.25) is 9.59 Å². The maximum atomic E-state index is 13.7. The zero-order valence-corrected chi connectivity index (χ0v) is 16.2. The van der Waals surface area contributed by atoms with Gasteiger partial charge in [-0.2, -0.15) is 0 Å². The summed E-state index contributed by atoms with van der Waals surface area (Å²) in [7, 11) is 3.28. The second-order valence-electron chi connectivity index (χ2n) is 5.98. The molecule has 0 saturated heterocycles. The van der Waals surface area contributed by atoms with Crippen LogP contribution in [0.25, 0.3) is 6.08 Å². The Labute approximate surface area is 160 Å². The van der Waals surface area contributed by atoms with E-state index in [-0.39, 0.29) is 11.5 Å². The van der Waals surface area contributed by atoms with Gasteiger partial charge in [0.2, 0.25) is 11.8 Å². The van der Waals surface area contributed by atoms with Gasteiger partial charge in [0, 0.05) is 36.6 Å². The number of halogens is 2. The quantitative estimate of drug-likeness (QED) is 0.730. The molecule has 0 radical (unpaired) electrons. The van der Waals surface area contributed by atoms with Crippen molar-refractivity contribution in [3.8, 4) is 0 Å².